The molecule has 0 radical (unpaired) electrons. The Labute approximate surface area is 259 Å². The van der Waals surface area contributed by atoms with Crippen molar-refractivity contribution >= 4 is 43.7 Å². The standard InChI is InChI=1S/C40H26N4O/c1-25-22-23-34-31(24-25)37-30(18-11-21-35(37)45-34)40-42-38(26-12-4-2-5-13-26)41-39(43-40)29-17-10-20-33-36(29)28-16-8-9-19-32(28)44(33)27-14-6-3-7-15-27/h2-24H,1H3. The molecule has 0 atom stereocenters. The van der Waals surface area contributed by atoms with Crippen LogP contribution in [0.15, 0.2) is 144 Å². The second-order valence-corrected chi connectivity index (χ2v) is 11.3. The molecule has 0 spiro atoms. The van der Waals surface area contributed by atoms with Gasteiger partial charge in [0.05, 0.1) is 11.0 Å². The molecule has 9 aromatic rings. The lowest BCUT2D eigenvalue weighted by Gasteiger charge is -2.11. The van der Waals surface area contributed by atoms with Gasteiger partial charge >= 0.3 is 0 Å². The summed E-state index contributed by atoms with van der Waals surface area (Å²) in [5.74, 6) is 1.86. The molecular weight excluding hydrogens is 552 g/mol. The third-order valence-electron chi connectivity index (χ3n) is 8.51. The van der Waals surface area contributed by atoms with E-state index in [4.69, 9.17) is 19.4 Å². The number of aromatic nitrogens is 4. The first-order chi connectivity index (χ1) is 22.2. The van der Waals surface area contributed by atoms with Crippen molar-refractivity contribution in [1.29, 1.82) is 0 Å². The highest BCUT2D eigenvalue weighted by Gasteiger charge is 2.21. The Morgan fingerprint density at radius 1 is 0.489 bits per heavy atom. The molecule has 0 amide bonds. The molecule has 6 aromatic carbocycles. The summed E-state index contributed by atoms with van der Waals surface area (Å²) in [7, 11) is 0. The molecule has 0 bridgehead atoms. The van der Waals surface area contributed by atoms with E-state index in [2.05, 4.69) is 96.4 Å². The van der Waals surface area contributed by atoms with Gasteiger partial charge in [-0.3, -0.25) is 0 Å². The predicted molar refractivity (Wildman–Crippen MR) is 182 cm³/mol. The average Bonchev–Trinajstić information content (AvgIpc) is 3.64. The highest BCUT2D eigenvalue weighted by molar-refractivity contribution is 6.15. The summed E-state index contributed by atoms with van der Waals surface area (Å²) < 4.78 is 8.59. The minimum Gasteiger partial charge on any atom is -0.456 e. The van der Waals surface area contributed by atoms with Gasteiger partial charge in [0.25, 0.3) is 0 Å². The summed E-state index contributed by atoms with van der Waals surface area (Å²) >= 11 is 0. The van der Waals surface area contributed by atoms with Crippen LogP contribution in [0.3, 0.4) is 0 Å². The monoisotopic (exact) mass is 578 g/mol. The first-order valence-corrected chi connectivity index (χ1v) is 15.0. The van der Waals surface area contributed by atoms with Crippen molar-refractivity contribution in [3.63, 3.8) is 0 Å². The summed E-state index contributed by atoms with van der Waals surface area (Å²) in [5.41, 5.74) is 8.97. The molecule has 5 heteroatoms. The van der Waals surface area contributed by atoms with E-state index in [1.807, 2.05) is 54.6 Å². The third kappa shape index (κ3) is 4.05. The van der Waals surface area contributed by atoms with Crippen LogP contribution in [-0.2, 0) is 0 Å². The van der Waals surface area contributed by atoms with Crippen molar-refractivity contribution < 1.29 is 4.42 Å². The van der Waals surface area contributed by atoms with E-state index in [0.717, 1.165) is 66.1 Å². The van der Waals surface area contributed by atoms with E-state index < -0.39 is 0 Å². The SMILES string of the molecule is Cc1ccc2oc3cccc(-c4nc(-c5ccccc5)nc(-c5cccc6c5c5ccccc5n6-c5ccccc5)n4)c3c2c1. The molecule has 9 rings (SSSR count). The van der Waals surface area contributed by atoms with Crippen molar-refractivity contribution in [2.45, 2.75) is 6.92 Å². The summed E-state index contributed by atoms with van der Waals surface area (Å²) in [6.07, 6.45) is 0. The van der Waals surface area contributed by atoms with Gasteiger partial charge < -0.3 is 8.98 Å². The fourth-order valence-corrected chi connectivity index (χ4v) is 6.52. The van der Waals surface area contributed by atoms with E-state index in [1.54, 1.807) is 0 Å². The first kappa shape index (κ1) is 25.4. The molecule has 212 valence electrons. The van der Waals surface area contributed by atoms with Gasteiger partial charge in [-0.15, -0.1) is 0 Å². The van der Waals surface area contributed by atoms with Crippen molar-refractivity contribution in [3.05, 3.63) is 145 Å². The van der Waals surface area contributed by atoms with Crippen LogP contribution in [0.5, 0.6) is 0 Å². The molecule has 3 aromatic heterocycles. The van der Waals surface area contributed by atoms with Crippen LogP contribution in [0, 0.1) is 6.92 Å². The molecule has 3 heterocycles. The topological polar surface area (TPSA) is 56.7 Å². The molecule has 45 heavy (non-hydrogen) atoms. The minimum absolute atomic E-state index is 0.609. The van der Waals surface area contributed by atoms with E-state index in [0.29, 0.717) is 17.5 Å². The Kier molecular flexibility index (Phi) is 5.65. The minimum atomic E-state index is 0.609. The van der Waals surface area contributed by atoms with Gasteiger partial charge in [0.2, 0.25) is 0 Å². The predicted octanol–water partition coefficient (Wildman–Crippen LogP) is 10.2. The van der Waals surface area contributed by atoms with Gasteiger partial charge in [-0.25, -0.2) is 15.0 Å². The van der Waals surface area contributed by atoms with Crippen molar-refractivity contribution in [1.82, 2.24) is 19.5 Å². The van der Waals surface area contributed by atoms with Crippen LogP contribution in [-0.4, -0.2) is 19.5 Å². The summed E-state index contributed by atoms with van der Waals surface area (Å²) in [4.78, 5) is 15.4. The molecule has 0 N–H and O–H groups in total. The lowest BCUT2D eigenvalue weighted by atomic mass is 10.0. The summed E-state index contributed by atoms with van der Waals surface area (Å²) in [5, 5.41) is 4.31. The van der Waals surface area contributed by atoms with Gasteiger partial charge in [0.1, 0.15) is 11.2 Å². The number of hydrogen-bond donors (Lipinski definition) is 0. The Bertz CT molecular complexity index is 2550. The number of fused-ring (bicyclic) bond motifs is 6. The van der Waals surface area contributed by atoms with Crippen LogP contribution < -0.4 is 0 Å². The molecule has 0 aliphatic rings. The lowest BCUT2D eigenvalue weighted by molar-refractivity contribution is 0.669. The van der Waals surface area contributed by atoms with Crippen LogP contribution >= 0.6 is 0 Å². The van der Waals surface area contributed by atoms with Gasteiger partial charge in [-0.2, -0.15) is 0 Å². The third-order valence-corrected chi connectivity index (χ3v) is 8.51. The molecule has 0 unspecified atom stereocenters. The van der Waals surface area contributed by atoms with Crippen molar-refractivity contribution in [2.24, 2.45) is 0 Å². The molecule has 0 saturated heterocycles. The largest absolute Gasteiger partial charge is 0.456 e. The zero-order valence-electron chi connectivity index (χ0n) is 24.5. The molecule has 0 fully saturated rings. The molecule has 0 aliphatic carbocycles. The molecular formula is C40H26N4O. The Morgan fingerprint density at radius 2 is 1.13 bits per heavy atom. The smallest absolute Gasteiger partial charge is 0.164 e. The Morgan fingerprint density at radius 3 is 1.93 bits per heavy atom. The van der Waals surface area contributed by atoms with E-state index in [9.17, 15) is 0 Å². The number of nitrogens with zero attached hydrogens (tertiary/aromatic N) is 4. The summed E-state index contributed by atoms with van der Waals surface area (Å²) in [6.45, 7) is 2.10. The Balaban J connectivity index is 1.37. The number of hydrogen-bond acceptors (Lipinski definition) is 4. The second kappa shape index (κ2) is 10.00. The average molecular weight is 579 g/mol. The summed E-state index contributed by atoms with van der Waals surface area (Å²) in [6, 6.07) is 47.9. The van der Waals surface area contributed by atoms with Crippen molar-refractivity contribution in [3.8, 4) is 39.9 Å². The highest BCUT2D eigenvalue weighted by Crippen LogP contribution is 2.40. The van der Waals surface area contributed by atoms with Gasteiger partial charge in [0, 0.05) is 43.9 Å². The molecule has 5 nitrogen and oxygen atoms in total. The van der Waals surface area contributed by atoms with Gasteiger partial charge in [-0.05, 0) is 49.4 Å². The van der Waals surface area contributed by atoms with E-state index >= 15 is 0 Å². The molecule has 0 aliphatic heterocycles. The quantitative estimate of drug-likeness (QED) is 0.208. The highest BCUT2D eigenvalue weighted by atomic mass is 16.3. The van der Waals surface area contributed by atoms with Crippen LogP contribution in [0.2, 0.25) is 0 Å². The zero-order chi connectivity index (χ0) is 29.9. The van der Waals surface area contributed by atoms with Gasteiger partial charge in [0.15, 0.2) is 17.5 Å². The van der Waals surface area contributed by atoms with Crippen LogP contribution in [0.1, 0.15) is 5.56 Å². The number of aryl methyl sites for hydroxylation is 1. The normalized spacial score (nSPS) is 11.7. The maximum atomic E-state index is 6.28. The number of rotatable bonds is 4. The van der Waals surface area contributed by atoms with E-state index in [-0.39, 0.29) is 0 Å². The van der Waals surface area contributed by atoms with Crippen LogP contribution in [0.25, 0.3) is 83.6 Å². The van der Waals surface area contributed by atoms with Gasteiger partial charge in [-0.1, -0.05) is 103 Å². The fraction of sp³-hybridized carbons (Fsp3) is 0.0250. The second-order valence-electron chi connectivity index (χ2n) is 11.3. The number of furan rings is 1. The Hall–Kier alpha value is -6.07. The fourth-order valence-electron chi connectivity index (χ4n) is 6.52. The zero-order valence-corrected chi connectivity index (χ0v) is 24.5. The maximum absolute atomic E-state index is 6.28. The maximum Gasteiger partial charge on any atom is 0.164 e. The van der Waals surface area contributed by atoms with Crippen molar-refractivity contribution in [2.75, 3.05) is 0 Å². The van der Waals surface area contributed by atoms with Crippen LogP contribution in [0.4, 0.5) is 0 Å². The lowest BCUT2D eigenvalue weighted by Crippen LogP contribution is -2.01. The number of para-hydroxylation sites is 2. The number of benzene rings is 6. The van der Waals surface area contributed by atoms with E-state index in [1.165, 1.54) is 5.56 Å². The first-order valence-electron chi connectivity index (χ1n) is 15.0. The molecule has 0 saturated carbocycles.